The smallest absolute Gasteiger partial charge is 0.273 e. The summed E-state index contributed by atoms with van der Waals surface area (Å²) in [6.07, 6.45) is 0. The van der Waals surface area contributed by atoms with Crippen LogP contribution in [0.3, 0.4) is 0 Å². The summed E-state index contributed by atoms with van der Waals surface area (Å²) in [5, 5.41) is 20.4. The molecule has 0 unspecified atom stereocenters. The number of nitrogens with zero attached hydrogens (tertiary/aromatic N) is 2. The molecule has 0 atom stereocenters. The van der Waals surface area contributed by atoms with Crippen molar-refractivity contribution in [1.29, 1.82) is 0 Å². The molecule has 6 nitrogen and oxygen atoms in total. The third-order valence-electron chi connectivity index (χ3n) is 3.58. The summed E-state index contributed by atoms with van der Waals surface area (Å²) in [4.78, 5) is 12.7. The lowest BCUT2D eigenvalue weighted by Gasteiger charge is -2.22. The normalized spacial score (nSPS) is 10.7. The van der Waals surface area contributed by atoms with Crippen LogP contribution in [0.25, 0.3) is 0 Å². The van der Waals surface area contributed by atoms with Gasteiger partial charge < -0.3 is 9.84 Å². The first-order chi connectivity index (χ1) is 11.2. The average molecular weight is 316 g/mol. The van der Waals surface area contributed by atoms with E-state index in [0.717, 1.165) is 11.3 Å². The van der Waals surface area contributed by atoms with Gasteiger partial charge in [-0.15, -0.1) is 0 Å². The van der Waals surface area contributed by atoms with E-state index in [2.05, 4.69) is 0 Å². The molecule has 0 aliphatic rings. The van der Waals surface area contributed by atoms with Crippen LogP contribution >= 0.6 is 0 Å². The summed E-state index contributed by atoms with van der Waals surface area (Å²) in [5.74, 6) is 0.762. The highest BCUT2D eigenvalue weighted by Gasteiger charge is 2.16. The van der Waals surface area contributed by atoms with Crippen LogP contribution in [-0.2, 0) is 13.1 Å². The van der Waals surface area contributed by atoms with E-state index in [0.29, 0.717) is 25.2 Å². The van der Waals surface area contributed by atoms with Crippen molar-refractivity contribution in [2.75, 3.05) is 20.3 Å². The van der Waals surface area contributed by atoms with E-state index in [1.54, 1.807) is 25.3 Å². The van der Waals surface area contributed by atoms with E-state index in [1.807, 2.05) is 29.2 Å². The van der Waals surface area contributed by atoms with Gasteiger partial charge in [-0.1, -0.05) is 36.4 Å². The number of benzene rings is 2. The predicted octanol–water partition coefficient (Wildman–Crippen LogP) is 2.60. The van der Waals surface area contributed by atoms with E-state index in [9.17, 15) is 15.2 Å². The molecule has 0 aliphatic heterocycles. The molecule has 0 saturated heterocycles. The number of aliphatic hydroxyl groups is 1. The molecule has 0 radical (unpaired) electrons. The Morgan fingerprint density at radius 3 is 2.35 bits per heavy atom. The van der Waals surface area contributed by atoms with Gasteiger partial charge in [0.15, 0.2) is 0 Å². The van der Waals surface area contributed by atoms with Crippen molar-refractivity contribution < 1.29 is 14.8 Å². The van der Waals surface area contributed by atoms with Crippen LogP contribution in [0.1, 0.15) is 11.1 Å². The number of nitro benzene ring substituents is 1. The molecule has 23 heavy (non-hydrogen) atoms. The van der Waals surface area contributed by atoms with Gasteiger partial charge in [-0.3, -0.25) is 15.0 Å². The summed E-state index contributed by atoms with van der Waals surface area (Å²) in [7, 11) is 1.61. The molecule has 1 N–H and O–H groups in total. The quantitative estimate of drug-likeness (QED) is 0.598. The number of nitro groups is 1. The number of rotatable bonds is 8. The zero-order chi connectivity index (χ0) is 16.7. The highest BCUT2D eigenvalue weighted by molar-refractivity contribution is 5.40. The van der Waals surface area contributed by atoms with E-state index >= 15 is 0 Å². The van der Waals surface area contributed by atoms with Crippen LogP contribution in [0.5, 0.6) is 5.75 Å². The minimum absolute atomic E-state index is 0.0181. The minimum Gasteiger partial charge on any atom is -0.496 e. The van der Waals surface area contributed by atoms with Gasteiger partial charge in [-0.2, -0.15) is 0 Å². The molecule has 6 heteroatoms. The topological polar surface area (TPSA) is 75.8 Å². The zero-order valence-electron chi connectivity index (χ0n) is 13.0. The number of ether oxygens (including phenoxy) is 1. The molecule has 122 valence electrons. The Morgan fingerprint density at radius 1 is 1.09 bits per heavy atom. The van der Waals surface area contributed by atoms with Gasteiger partial charge in [0.1, 0.15) is 5.75 Å². The molecular formula is C17H20N2O4. The van der Waals surface area contributed by atoms with Crippen molar-refractivity contribution in [3.8, 4) is 5.75 Å². The molecule has 0 fully saturated rings. The molecule has 2 rings (SSSR count). The summed E-state index contributed by atoms with van der Waals surface area (Å²) < 4.78 is 5.34. The fraction of sp³-hybridized carbons (Fsp3) is 0.294. The molecule has 0 aromatic heterocycles. The maximum absolute atomic E-state index is 11.1. The highest BCUT2D eigenvalue weighted by Crippen LogP contribution is 2.23. The maximum atomic E-state index is 11.1. The van der Waals surface area contributed by atoms with Gasteiger partial charge >= 0.3 is 0 Å². The van der Waals surface area contributed by atoms with E-state index in [1.165, 1.54) is 6.07 Å². The fourth-order valence-electron chi connectivity index (χ4n) is 2.49. The van der Waals surface area contributed by atoms with Crippen molar-refractivity contribution in [2.24, 2.45) is 0 Å². The summed E-state index contributed by atoms with van der Waals surface area (Å²) in [5.41, 5.74) is 1.69. The van der Waals surface area contributed by atoms with Crippen LogP contribution in [0.15, 0.2) is 48.5 Å². The Morgan fingerprint density at radius 2 is 1.70 bits per heavy atom. The second kappa shape index (κ2) is 8.26. The molecule has 2 aromatic rings. The van der Waals surface area contributed by atoms with Gasteiger partial charge in [0.05, 0.1) is 18.6 Å². The van der Waals surface area contributed by atoms with E-state index < -0.39 is 0 Å². The minimum atomic E-state index is -0.379. The number of hydrogen-bond donors (Lipinski definition) is 1. The summed E-state index contributed by atoms with van der Waals surface area (Å²) >= 11 is 0. The van der Waals surface area contributed by atoms with Gasteiger partial charge in [0.25, 0.3) is 5.69 Å². The maximum Gasteiger partial charge on any atom is 0.273 e. The largest absolute Gasteiger partial charge is 0.496 e. The third kappa shape index (κ3) is 4.51. The van der Waals surface area contributed by atoms with Gasteiger partial charge in [-0.05, 0) is 6.07 Å². The van der Waals surface area contributed by atoms with Crippen molar-refractivity contribution >= 4 is 5.69 Å². The standard InChI is InChI=1S/C17H20N2O4/c1-23-17-9-5-3-7-15(17)13-18(10-11-20)12-14-6-2-4-8-16(14)19(21)22/h2-9,20H,10-13H2,1H3. The van der Waals surface area contributed by atoms with Gasteiger partial charge in [0, 0.05) is 36.8 Å². The van der Waals surface area contributed by atoms with Crippen LogP contribution in [0.4, 0.5) is 5.69 Å². The summed E-state index contributed by atoms with van der Waals surface area (Å²) in [6.45, 7) is 1.33. The SMILES string of the molecule is COc1ccccc1CN(CCO)Cc1ccccc1[N+](=O)[O-]. The number of para-hydroxylation sites is 2. The van der Waals surface area contributed by atoms with Crippen molar-refractivity contribution in [2.45, 2.75) is 13.1 Å². The molecule has 0 spiro atoms. The first kappa shape index (κ1) is 16.9. The third-order valence-corrected chi connectivity index (χ3v) is 3.58. The van der Waals surface area contributed by atoms with Crippen LogP contribution in [-0.4, -0.2) is 35.2 Å². The lowest BCUT2D eigenvalue weighted by Crippen LogP contribution is -2.26. The monoisotopic (exact) mass is 316 g/mol. The highest BCUT2D eigenvalue weighted by atomic mass is 16.6. The van der Waals surface area contributed by atoms with Crippen molar-refractivity contribution in [3.63, 3.8) is 0 Å². The number of hydrogen-bond acceptors (Lipinski definition) is 5. The van der Waals surface area contributed by atoms with Gasteiger partial charge in [-0.25, -0.2) is 0 Å². The van der Waals surface area contributed by atoms with Crippen LogP contribution in [0, 0.1) is 10.1 Å². The first-order valence-electron chi connectivity index (χ1n) is 7.33. The number of methoxy groups -OCH3 is 1. The Balaban J connectivity index is 2.21. The molecule has 2 aromatic carbocycles. The molecule has 0 amide bonds. The number of aliphatic hydroxyl groups excluding tert-OH is 1. The van der Waals surface area contributed by atoms with Crippen LogP contribution < -0.4 is 4.74 Å². The average Bonchev–Trinajstić information content (AvgIpc) is 2.56. The van der Waals surface area contributed by atoms with Crippen molar-refractivity contribution in [1.82, 2.24) is 4.90 Å². The second-order valence-electron chi connectivity index (χ2n) is 5.13. The van der Waals surface area contributed by atoms with Gasteiger partial charge in [0.2, 0.25) is 0 Å². The second-order valence-corrected chi connectivity index (χ2v) is 5.13. The predicted molar refractivity (Wildman–Crippen MR) is 87.3 cm³/mol. The van der Waals surface area contributed by atoms with E-state index in [4.69, 9.17) is 4.74 Å². The Bertz CT molecular complexity index is 661. The summed E-state index contributed by atoms with van der Waals surface area (Å²) in [6, 6.07) is 14.3. The first-order valence-corrected chi connectivity index (χ1v) is 7.33. The Hall–Kier alpha value is -2.44. The lowest BCUT2D eigenvalue weighted by molar-refractivity contribution is -0.385. The van der Waals surface area contributed by atoms with E-state index in [-0.39, 0.29) is 17.2 Å². The lowest BCUT2D eigenvalue weighted by atomic mass is 10.1. The molecule has 0 saturated carbocycles. The zero-order valence-corrected chi connectivity index (χ0v) is 13.0. The van der Waals surface area contributed by atoms with Crippen molar-refractivity contribution in [3.05, 3.63) is 69.8 Å². The Labute approximate surface area is 135 Å². The molecule has 0 heterocycles. The Kier molecular flexibility index (Phi) is 6.08. The molecule has 0 aliphatic carbocycles. The molecule has 0 bridgehead atoms. The van der Waals surface area contributed by atoms with Crippen LogP contribution in [0.2, 0.25) is 0 Å². The molecular weight excluding hydrogens is 296 g/mol. The fourth-order valence-corrected chi connectivity index (χ4v) is 2.49.